The van der Waals surface area contributed by atoms with Gasteiger partial charge in [0.15, 0.2) is 0 Å². The molecule has 344 valence electrons. The van der Waals surface area contributed by atoms with E-state index < -0.39 is 35.8 Å². The second-order valence-electron chi connectivity index (χ2n) is 10.8. The Morgan fingerprint density at radius 1 is 0.312 bits per heavy atom. The molecule has 6 aliphatic rings. The van der Waals surface area contributed by atoms with Crippen molar-refractivity contribution in [2.45, 2.75) is 0 Å². The number of methoxy groups -OCH3 is 6. The fraction of sp³-hybridized carbons (Fsp3) is 0.294. The lowest BCUT2D eigenvalue weighted by atomic mass is 10.5. The zero-order valence-electron chi connectivity index (χ0n) is 33.7. The number of carbonyl (C=O) groups excluding carboxylic acids is 6. The third-order valence-corrected chi connectivity index (χ3v) is 33.0. The lowest BCUT2D eigenvalue weighted by molar-refractivity contribution is -0.138. The Bertz CT molecular complexity index is 2140. The summed E-state index contributed by atoms with van der Waals surface area (Å²) >= 11 is 27.0. The van der Waals surface area contributed by atoms with Gasteiger partial charge in [0.05, 0.1) is 93.5 Å². The molecular formula is C34H28O12S18. The van der Waals surface area contributed by atoms with Gasteiger partial charge in [0.25, 0.3) is 0 Å². The molecule has 0 unspecified atom stereocenters. The van der Waals surface area contributed by atoms with Crippen LogP contribution in [0.4, 0.5) is 0 Å². The number of thioether (sulfide) groups is 18. The molecule has 6 heterocycles. The first kappa shape index (κ1) is 54.1. The quantitative estimate of drug-likeness (QED) is 0.0815. The molecular weight excluding hydrogens is 1180 g/mol. The van der Waals surface area contributed by atoms with Crippen LogP contribution in [0.15, 0.2) is 80.3 Å². The van der Waals surface area contributed by atoms with Crippen molar-refractivity contribution in [3.8, 4) is 0 Å². The third-order valence-electron chi connectivity index (χ3n) is 7.26. The van der Waals surface area contributed by atoms with E-state index in [0.29, 0.717) is 10.2 Å². The molecule has 0 aromatic carbocycles. The first-order valence-electron chi connectivity index (χ1n) is 16.7. The Morgan fingerprint density at radius 2 is 0.484 bits per heavy atom. The van der Waals surface area contributed by atoms with Gasteiger partial charge in [-0.25, -0.2) is 28.8 Å². The molecule has 0 fully saturated rings. The van der Waals surface area contributed by atoms with E-state index in [1.807, 2.05) is 12.5 Å². The summed E-state index contributed by atoms with van der Waals surface area (Å²) in [6, 6.07) is 0. The van der Waals surface area contributed by atoms with Gasteiger partial charge in [0.1, 0.15) is 29.4 Å². The van der Waals surface area contributed by atoms with Crippen LogP contribution in [-0.4, -0.2) is 101 Å². The highest BCUT2D eigenvalue weighted by Gasteiger charge is 2.40. The molecule has 0 radical (unpaired) electrons. The van der Waals surface area contributed by atoms with Crippen molar-refractivity contribution in [1.82, 2.24) is 0 Å². The van der Waals surface area contributed by atoms with E-state index in [1.165, 1.54) is 113 Å². The molecule has 0 atom stereocenters. The van der Waals surface area contributed by atoms with Crippen molar-refractivity contribution in [3.05, 3.63) is 80.3 Å². The van der Waals surface area contributed by atoms with E-state index in [-0.39, 0.29) is 29.4 Å². The maximum absolute atomic E-state index is 12.7. The Kier molecular flexibility index (Phi) is 21.8. The van der Waals surface area contributed by atoms with Crippen LogP contribution in [0.25, 0.3) is 0 Å². The number of hydrogen-bond donors (Lipinski definition) is 0. The minimum Gasteiger partial charge on any atom is -0.465 e. The smallest absolute Gasteiger partial charge is 0.346 e. The van der Waals surface area contributed by atoms with Gasteiger partial charge >= 0.3 is 35.8 Å². The van der Waals surface area contributed by atoms with E-state index in [4.69, 9.17) is 28.4 Å². The third kappa shape index (κ3) is 12.8. The Hall–Kier alpha value is 0.780. The van der Waals surface area contributed by atoms with Crippen LogP contribution in [0.2, 0.25) is 0 Å². The minimum atomic E-state index is -0.605. The maximum Gasteiger partial charge on any atom is 0.346 e. The highest BCUT2D eigenvalue weighted by atomic mass is 32.3. The molecule has 0 N–H and O–H groups in total. The topological polar surface area (TPSA) is 158 Å². The predicted molar refractivity (Wildman–Crippen MR) is 294 cm³/mol. The van der Waals surface area contributed by atoms with Gasteiger partial charge in [-0.15, -0.1) is 70.6 Å². The molecule has 0 saturated carbocycles. The van der Waals surface area contributed by atoms with Crippen LogP contribution in [0.1, 0.15) is 0 Å². The van der Waals surface area contributed by atoms with Gasteiger partial charge in [-0.3, -0.25) is 0 Å². The van der Waals surface area contributed by atoms with E-state index in [9.17, 15) is 28.8 Å². The average molecular weight is 1210 g/mol. The number of carbonyl (C=O) groups is 6. The summed E-state index contributed by atoms with van der Waals surface area (Å²) in [5.41, 5.74) is 0. The van der Waals surface area contributed by atoms with Gasteiger partial charge in [0.2, 0.25) is 0 Å². The summed E-state index contributed by atoms with van der Waals surface area (Å²) in [4.78, 5) is 76.8. The van der Waals surface area contributed by atoms with Crippen molar-refractivity contribution in [2.24, 2.45) is 0 Å². The minimum absolute atomic E-state index is 0.191. The Morgan fingerprint density at radius 3 is 0.672 bits per heavy atom. The summed E-state index contributed by atoms with van der Waals surface area (Å²) in [5.74, 6) is -3.56. The van der Waals surface area contributed by atoms with Gasteiger partial charge in [0, 0.05) is 10.2 Å². The molecule has 64 heavy (non-hydrogen) atoms. The Labute approximate surface area is 444 Å². The van der Waals surface area contributed by atoms with Gasteiger partial charge < -0.3 is 28.4 Å². The summed E-state index contributed by atoms with van der Waals surface area (Å²) in [7, 11) is 7.68. The summed E-state index contributed by atoms with van der Waals surface area (Å²) in [6.07, 6.45) is 4.04. The maximum atomic E-state index is 12.7. The molecule has 0 aliphatic carbocycles. The van der Waals surface area contributed by atoms with E-state index >= 15 is 0 Å². The summed E-state index contributed by atoms with van der Waals surface area (Å²) in [6.45, 7) is 0. The molecule has 0 bridgehead atoms. The molecule has 6 rings (SSSR count). The first-order valence-corrected chi connectivity index (χ1v) is 32.9. The Balaban J connectivity index is 1.17. The zero-order chi connectivity index (χ0) is 46.2. The van der Waals surface area contributed by atoms with E-state index in [0.717, 1.165) is 50.8 Å². The van der Waals surface area contributed by atoms with Crippen LogP contribution in [0.3, 0.4) is 0 Å². The van der Waals surface area contributed by atoms with Gasteiger partial charge in [-0.05, 0) is 12.5 Å². The van der Waals surface area contributed by atoms with Crippen molar-refractivity contribution in [1.29, 1.82) is 0 Å². The lowest BCUT2D eigenvalue weighted by Gasteiger charge is -2.07. The average Bonchev–Trinajstić information content (AvgIpc) is 4.18. The largest absolute Gasteiger partial charge is 0.465 e. The highest BCUT2D eigenvalue weighted by molar-refractivity contribution is 8.47. The van der Waals surface area contributed by atoms with Gasteiger partial charge in [-0.2, -0.15) is 0 Å². The lowest BCUT2D eigenvalue weighted by Crippen LogP contribution is -2.08. The van der Waals surface area contributed by atoms with Crippen LogP contribution >= 0.6 is 212 Å². The number of rotatable bonds is 16. The standard InChI is InChI=1S/C34H28O12S18/c1-41-17(35)11-12(18(36)42-2)54-29(53-11)32-59-23(47-7)25(61-32)49-9-51-27-28(64-34(63-27)31-57-15(21(39)45-5)16(58-31)22(40)46-6)52-10-50-26-24(48-8)60-33(62-26)30-55-13(19(37)43-3)14(56-30)20(38)44-4/h9-10H2,1-8H3. The molecule has 0 saturated heterocycles. The molecule has 30 heteroatoms. The molecule has 12 nitrogen and oxygen atoms in total. The zero-order valence-corrected chi connectivity index (χ0v) is 48.4. The van der Waals surface area contributed by atoms with Crippen molar-refractivity contribution < 1.29 is 57.2 Å². The molecule has 0 aromatic heterocycles. The fourth-order valence-corrected chi connectivity index (χ4v) is 30.6. The second-order valence-corrected chi connectivity index (χ2v) is 32.5. The van der Waals surface area contributed by atoms with E-state index in [1.54, 1.807) is 141 Å². The van der Waals surface area contributed by atoms with Crippen LogP contribution in [0.5, 0.6) is 0 Å². The van der Waals surface area contributed by atoms with Crippen molar-refractivity contribution in [3.63, 3.8) is 0 Å². The number of esters is 6. The van der Waals surface area contributed by atoms with Crippen LogP contribution < -0.4 is 0 Å². The predicted octanol–water partition coefficient (Wildman–Crippen LogP) is 12.9. The van der Waals surface area contributed by atoms with Crippen LogP contribution in [-0.2, 0) is 57.2 Å². The summed E-state index contributed by atoms with van der Waals surface area (Å²) < 4.78 is 41.7. The molecule has 0 spiro atoms. The molecule has 6 aliphatic heterocycles. The van der Waals surface area contributed by atoms with Gasteiger partial charge in [-0.1, -0.05) is 141 Å². The monoisotopic (exact) mass is 1200 g/mol. The van der Waals surface area contributed by atoms with Crippen molar-refractivity contribution >= 4 is 248 Å². The van der Waals surface area contributed by atoms with E-state index in [2.05, 4.69) is 0 Å². The van der Waals surface area contributed by atoms with Crippen molar-refractivity contribution in [2.75, 3.05) is 65.3 Å². The SMILES string of the molecule is COC(=O)C1=C(C(=O)OC)SC(=C2SC(SC)=C(SCSC3=C(SCSC4=C(SC)SC(=C5SC(C(=O)OC)=C(C(=O)OC)S5)S4)SC(=C4SC(C(=O)OC)=C(C(=O)OC)S4)S3)S2)S1. The summed E-state index contributed by atoms with van der Waals surface area (Å²) in [5, 5.41) is 1.35. The van der Waals surface area contributed by atoms with Crippen LogP contribution in [0, 0.1) is 0 Å². The normalized spacial score (nSPS) is 19.1. The highest BCUT2D eigenvalue weighted by Crippen LogP contribution is 2.68. The molecule has 0 aromatic rings. The first-order chi connectivity index (χ1) is 30.8. The fourth-order valence-electron chi connectivity index (χ4n) is 4.45. The number of hydrogen-bond acceptors (Lipinski definition) is 30. The number of ether oxygens (including phenoxy) is 6. The molecule has 0 amide bonds. The second kappa shape index (κ2) is 25.8.